The van der Waals surface area contributed by atoms with E-state index < -0.39 is 23.9 Å². The summed E-state index contributed by atoms with van der Waals surface area (Å²) in [5.74, 6) is -1.97. The number of aryl methyl sites for hydroxylation is 1. The van der Waals surface area contributed by atoms with Crippen LogP contribution in [0.25, 0.3) is 0 Å². The van der Waals surface area contributed by atoms with E-state index in [9.17, 15) is 19.2 Å². The number of nitrogens with one attached hydrogen (secondary N) is 2. The monoisotopic (exact) mass is 400 g/mol. The van der Waals surface area contributed by atoms with Gasteiger partial charge < -0.3 is 19.8 Å². The number of H-pyrrole nitrogens is 1. The predicted octanol–water partition coefficient (Wildman–Crippen LogP) is 3.19. The fraction of sp³-hybridized carbons (Fsp3) is 0.333. The molecule has 1 heterocycles. The maximum absolute atomic E-state index is 12.6. The summed E-state index contributed by atoms with van der Waals surface area (Å²) in [4.78, 5) is 51.2. The van der Waals surface area contributed by atoms with Crippen LogP contribution in [-0.2, 0) is 14.3 Å². The second-order valence-corrected chi connectivity index (χ2v) is 6.52. The number of carbonyl (C=O) groups is 4. The van der Waals surface area contributed by atoms with Gasteiger partial charge in [0, 0.05) is 16.9 Å². The molecular formula is C21H24N2O6. The zero-order chi connectivity index (χ0) is 21.7. The summed E-state index contributed by atoms with van der Waals surface area (Å²) in [6.45, 7) is 7.99. The van der Waals surface area contributed by atoms with Gasteiger partial charge in [-0.25, -0.2) is 9.59 Å². The maximum Gasteiger partial charge on any atom is 0.355 e. The first-order chi connectivity index (χ1) is 13.6. The predicted molar refractivity (Wildman–Crippen MR) is 106 cm³/mol. The Morgan fingerprint density at radius 1 is 1.14 bits per heavy atom. The van der Waals surface area contributed by atoms with E-state index >= 15 is 0 Å². The number of esters is 2. The molecule has 1 amide bonds. The van der Waals surface area contributed by atoms with E-state index in [0.717, 1.165) is 0 Å². The van der Waals surface area contributed by atoms with Crippen LogP contribution in [0, 0.1) is 13.8 Å². The fourth-order valence-electron chi connectivity index (χ4n) is 2.80. The van der Waals surface area contributed by atoms with Gasteiger partial charge in [-0.2, -0.15) is 0 Å². The Morgan fingerprint density at radius 3 is 2.45 bits per heavy atom. The Labute approximate surface area is 168 Å². The van der Waals surface area contributed by atoms with Crippen LogP contribution in [0.15, 0.2) is 24.3 Å². The van der Waals surface area contributed by atoms with Crippen molar-refractivity contribution in [3.05, 3.63) is 52.3 Å². The summed E-state index contributed by atoms with van der Waals surface area (Å²) in [6, 6.07) is 6.46. The van der Waals surface area contributed by atoms with Gasteiger partial charge in [0.1, 0.15) is 5.69 Å². The van der Waals surface area contributed by atoms with Crippen LogP contribution in [0.2, 0.25) is 0 Å². The lowest BCUT2D eigenvalue weighted by atomic mass is 10.1. The fourth-order valence-corrected chi connectivity index (χ4v) is 2.80. The third-order valence-electron chi connectivity index (χ3n) is 4.31. The Hall–Kier alpha value is -3.42. The molecule has 1 aromatic heterocycles. The molecule has 8 heteroatoms. The highest BCUT2D eigenvalue weighted by atomic mass is 16.5. The van der Waals surface area contributed by atoms with E-state index in [2.05, 4.69) is 10.3 Å². The average Bonchev–Trinajstić information content (AvgIpc) is 2.96. The minimum atomic E-state index is -1.09. The van der Waals surface area contributed by atoms with E-state index in [1.165, 1.54) is 13.8 Å². The molecule has 0 radical (unpaired) electrons. The highest BCUT2D eigenvalue weighted by Gasteiger charge is 2.26. The second kappa shape index (κ2) is 9.18. The van der Waals surface area contributed by atoms with Crippen LogP contribution in [0.4, 0.5) is 5.69 Å². The third-order valence-corrected chi connectivity index (χ3v) is 4.31. The normalized spacial score (nSPS) is 11.5. The van der Waals surface area contributed by atoms with Crippen molar-refractivity contribution in [2.45, 2.75) is 40.7 Å². The molecule has 0 bridgehead atoms. The van der Waals surface area contributed by atoms with Gasteiger partial charge in [0.05, 0.1) is 12.2 Å². The summed E-state index contributed by atoms with van der Waals surface area (Å²) < 4.78 is 10.2. The standard InChI is InChI=1S/C21H24N2O6/c1-6-28-21(27)18-11(2)17(12(3)22-18)20(26)29-14(5)19(25)23-16-9-7-8-15(10-16)13(4)24/h7-10,14,22H,6H2,1-5H3,(H,23,25)/t14-/m1/s1. The van der Waals surface area contributed by atoms with Crippen molar-refractivity contribution in [3.63, 3.8) is 0 Å². The smallest absolute Gasteiger partial charge is 0.355 e. The van der Waals surface area contributed by atoms with Crippen molar-refractivity contribution >= 4 is 29.3 Å². The molecule has 2 aromatic rings. The topological polar surface area (TPSA) is 115 Å². The number of Topliss-reactive ketones (excluding diaryl/α,β-unsaturated/α-hetero) is 1. The number of aromatic amines is 1. The molecule has 29 heavy (non-hydrogen) atoms. The Morgan fingerprint density at radius 2 is 1.83 bits per heavy atom. The highest BCUT2D eigenvalue weighted by molar-refractivity contribution is 6.01. The number of hydrogen-bond donors (Lipinski definition) is 2. The van der Waals surface area contributed by atoms with Crippen molar-refractivity contribution < 1.29 is 28.7 Å². The molecule has 0 saturated carbocycles. The van der Waals surface area contributed by atoms with Crippen molar-refractivity contribution in [1.29, 1.82) is 0 Å². The number of ether oxygens (including phenoxy) is 2. The molecule has 154 valence electrons. The summed E-state index contributed by atoms with van der Waals surface area (Å²) >= 11 is 0. The lowest BCUT2D eigenvalue weighted by Gasteiger charge is -2.14. The van der Waals surface area contributed by atoms with E-state index in [1.54, 1.807) is 45.0 Å². The zero-order valence-corrected chi connectivity index (χ0v) is 17.0. The molecule has 0 fully saturated rings. The van der Waals surface area contributed by atoms with Gasteiger partial charge in [-0.1, -0.05) is 12.1 Å². The van der Waals surface area contributed by atoms with Gasteiger partial charge in [0.15, 0.2) is 11.9 Å². The quantitative estimate of drug-likeness (QED) is 0.545. The molecule has 2 N–H and O–H groups in total. The van der Waals surface area contributed by atoms with Gasteiger partial charge in [0.25, 0.3) is 5.91 Å². The summed E-state index contributed by atoms with van der Waals surface area (Å²) in [6.07, 6.45) is -1.09. The Balaban J connectivity index is 2.10. The van der Waals surface area contributed by atoms with Gasteiger partial charge in [0.2, 0.25) is 0 Å². The molecule has 1 atom stereocenters. The molecule has 0 aliphatic heterocycles. The number of amides is 1. The van der Waals surface area contributed by atoms with E-state index in [-0.39, 0.29) is 23.6 Å². The number of benzene rings is 1. The molecule has 0 aliphatic carbocycles. The molecule has 0 saturated heterocycles. The van der Waals surface area contributed by atoms with E-state index in [0.29, 0.717) is 22.5 Å². The van der Waals surface area contributed by atoms with Crippen LogP contribution < -0.4 is 5.32 Å². The molecule has 8 nitrogen and oxygen atoms in total. The first-order valence-electron chi connectivity index (χ1n) is 9.14. The first-order valence-corrected chi connectivity index (χ1v) is 9.14. The van der Waals surface area contributed by atoms with E-state index in [1.807, 2.05) is 0 Å². The maximum atomic E-state index is 12.6. The molecule has 0 spiro atoms. The lowest BCUT2D eigenvalue weighted by molar-refractivity contribution is -0.123. The number of rotatable bonds is 7. The highest BCUT2D eigenvalue weighted by Crippen LogP contribution is 2.21. The van der Waals surface area contributed by atoms with Gasteiger partial charge in [-0.05, 0) is 52.3 Å². The molecule has 1 aromatic carbocycles. The number of anilines is 1. The molecule has 0 aliphatic rings. The minimum Gasteiger partial charge on any atom is -0.461 e. The Kier molecular flexibility index (Phi) is 6.93. The van der Waals surface area contributed by atoms with Crippen LogP contribution >= 0.6 is 0 Å². The number of carbonyl (C=O) groups excluding carboxylic acids is 4. The third kappa shape index (κ3) is 5.10. The summed E-state index contributed by atoms with van der Waals surface area (Å²) in [5.41, 5.74) is 2.08. The molecule has 0 unspecified atom stereocenters. The second-order valence-electron chi connectivity index (χ2n) is 6.52. The zero-order valence-electron chi connectivity index (χ0n) is 17.0. The largest absolute Gasteiger partial charge is 0.461 e. The summed E-state index contributed by atoms with van der Waals surface area (Å²) in [5, 5.41) is 2.61. The SMILES string of the molecule is CCOC(=O)c1[nH]c(C)c(C(=O)O[C@H](C)C(=O)Nc2cccc(C(C)=O)c2)c1C. The minimum absolute atomic E-state index is 0.128. The molecule has 2 rings (SSSR count). The van der Waals surface area contributed by atoms with Crippen molar-refractivity contribution in [1.82, 2.24) is 4.98 Å². The first kappa shape index (κ1) is 21.9. The van der Waals surface area contributed by atoms with Crippen molar-refractivity contribution in [3.8, 4) is 0 Å². The lowest BCUT2D eigenvalue weighted by Crippen LogP contribution is -2.30. The number of hydrogen-bond acceptors (Lipinski definition) is 6. The van der Waals surface area contributed by atoms with Crippen molar-refractivity contribution in [2.24, 2.45) is 0 Å². The van der Waals surface area contributed by atoms with Gasteiger partial charge >= 0.3 is 11.9 Å². The van der Waals surface area contributed by atoms with Crippen LogP contribution in [-0.4, -0.2) is 41.3 Å². The summed E-state index contributed by atoms with van der Waals surface area (Å²) in [7, 11) is 0. The number of ketones is 1. The van der Waals surface area contributed by atoms with Gasteiger partial charge in [-0.3, -0.25) is 9.59 Å². The van der Waals surface area contributed by atoms with Gasteiger partial charge in [-0.15, -0.1) is 0 Å². The molecular weight excluding hydrogens is 376 g/mol. The van der Waals surface area contributed by atoms with Crippen molar-refractivity contribution in [2.75, 3.05) is 11.9 Å². The number of aromatic nitrogens is 1. The average molecular weight is 400 g/mol. The van der Waals surface area contributed by atoms with Crippen LogP contribution in [0.3, 0.4) is 0 Å². The van der Waals surface area contributed by atoms with Crippen LogP contribution in [0.1, 0.15) is 63.2 Å². The van der Waals surface area contributed by atoms with E-state index in [4.69, 9.17) is 9.47 Å². The Bertz CT molecular complexity index is 960. The van der Waals surface area contributed by atoms with Crippen LogP contribution in [0.5, 0.6) is 0 Å².